The van der Waals surface area contributed by atoms with E-state index < -0.39 is 0 Å². The summed E-state index contributed by atoms with van der Waals surface area (Å²) in [5.74, 6) is -0.375. The van der Waals surface area contributed by atoms with Crippen molar-refractivity contribution in [3.8, 4) is 0 Å². The van der Waals surface area contributed by atoms with Gasteiger partial charge in [0.15, 0.2) is 18.9 Å². The largest absolute Gasteiger partial charge is 1.00 e. The average molecular weight is 461 g/mol. The van der Waals surface area contributed by atoms with Crippen LogP contribution in [0.5, 0.6) is 0 Å². The van der Waals surface area contributed by atoms with Crippen LogP contribution in [0.3, 0.4) is 0 Å². The van der Waals surface area contributed by atoms with Gasteiger partial charge < -0.3 is 26.8 Å². The van der Waals surface area contributed by atoms with Crippen molar-refractivity contribution in [1.29, 1.82) is 0 Å². The molecule has 2 amide bonds. The third-order valence-corrected chi connectivity index (χ3v) is 4.34. The van der Waals surface area contributed by atoms with Crippen LogP contribution in [0.4, 0.5) is 0 Å². The molecule has 0 atom stereocenters. The molecule has 140 valence electrons. The van der Waals surface area contributed by atoms with E-state index in [-0.39, 0.29) is 28.8 Å². The highest BCUT2D eigenvalue weighted by Gasteiger charge is 2.21. The van der Waals surface area contributed by atoms with Crippen molar-refractivity contribution in [3.05, 3.63) is 63.4 Å². The van der Waals surface area contributed by atoms with Gasteiger partial charge in [-0.2, -0.15) is 4.57 Å². The molecule has 2 aromatic rings. The van der Waals surface area contributed by atoms with Gasteiger partial charge in [0.05, 0.1) is 15.6 Å². The fourth-order valence-corrected chi connectivity index (χ4v) is 2.86. The molecule has 0 saturated carbocycles. The van der Waals surface area contributed by atoms with Crippen molar-refractivity contribution >= 4 is 35.0 Å². The minimum atomic E-state index is -0.188. The summed E-state index contributed by atoms with van der Waals surface area (Å²) in [5.41, 5.74) is 1.57. The zero-order valence-corrected chi connectivity index (χ0v) is 18.1. The Morgan fingerprint density at radius 1 is 0.923 bits per heavy atom. The Kier molecular flexibility index (Phi) is 8.06. The molecular weight excluding hydrogens is 441 g/mol. The molecule has 26 heavy (non-hydrogen) atoms. The Hall–Kier alpha value is -1.63. The normalized spacial score (nSPS) is 10.1. The van der Waals surface area contributed by atoms with Crippen LogP contribution in [-0.4, -0.2) is 49.8 Å². The average Bonchev–Trinajstić information content (AvgIpc) is 2.56. The Morgan fingerprint density at radius 2 is 1.35 bits per heavy atom. The number of halogens is 3. The number of carbonyl (C=O) groups excluding carboxylic acids is 2. The smallest absolute Gasteiger partial charge is 0.259 e. The van der Waals surface area contributed by atoms with Crippen molar-refractivity contribution in [3.63, 3.8) is 0 Å². The first kappa shape index (κ1) is 22.4. The third-order valence-electron chi connectivity index (χ3n) is 3.63. The highest BCUT2D eigenvalue weighted by atomic mass is 79.9. The first-order valence-electron chi connectivity index (χ1n) is 7.61. The van der Waals surface area contributed by atoms with E-state index in [0.717, 1.165) is 5.56 Å². The summed E-state index contributed by atoms with van der Waals surface area (Å²) in [7, 11) is 6.66. The van der Waals surface area contributed by atoms with Gasteiger partial charge in [0, 0.05) is 28.2 Å². The summed E-state index contributed by atoms with van der Waals surface area (Å²) < 4.78 is 1.75. The number of nitrogens with zero attached hydrogens (tertiary/aromatic N) is 3. The number of benzene rings is 1. The van der Waals surface area contributed by atoms with Crippen molar-refractivity contribution < 1.29 is 31.1 Å². The molecule has 0 aliphatic carbocycles. The van der Waals surface area contributed by atoms with E-state index in [2.05, 4.69) is 0 Å². The van der Waals surface area contributed by atoms with Crippen molar-refractivity contribution in [2.45, 2.75) is 6.54 Å². The molecule has 0 radical (unpaired) electrons. The Balaban J connectivity index is 0.00000338. The molecule has 0 unspecified atom stereocenters. The first-order chi connectivity index (χ1) is 11.7. The maximum Gasteiger partial charge on any atom is 0.259 e. The topological polar surface area (TPSA) is 44.5 Å². The van der Waals surface area contributed by atoms with Crippen LogP contribution < -0.4 is 21.5 Å². The lowest BCUT2D eigenvalue weighted by atomic mass is 10.1. The number of amides is 2. The van der Waals surface area contributed by atoms with Gasteiger partial charge >= 0.3 is 0 Å². The molecule has 2 rings (SSSR count). The minimum Gasteiger partial charge on any atom is -1.00 e. The molecule has 1 aromatic carbocycles. The summed E-state index contributed by atoms with van der Waals surface area (Å²) in [6.07, 6.45) is 3.38. The van der Waals surface area contributed by atoms with E-state index in [1.807, 2.05) is 0 Å². The van der Waals surface area contributed by atoms with E-state index in [4.69, 9.17) is 23.2 Å². The molecule has 0 aliphatic heterocycles. The lowest BCUT2D eigenvalue weighted by molar-refractivity contribution is -0.688. The quantitative estimate of drug-likeness (QED) is 0.590. The molecule has 0 fully saturated rings. The van der Waals surface area contributed by atoms with Crippen molar-refractivity contribution in [2.75, 3.05) is 28.2 Å². The number of rotatable bonds is 4. The lowest BCUT2D eigenvalue weighted by Gasteiger charge is -2.13. The van der Waals surface area contributed by atoms with Crippen molar-refractivity contribution in [2.24, 2.45) is 0 Å². The fraction of sp³-hybridized carbons (Fsp3) is 0.278. The van der Waals surface area contributed by atoms with Crippen LogP contribution in [0.1, 0.15) is 26.3 Å². The molecule has 0 saturated heterocycles. The SMILES string of the molecule is CN(C)C(=O)c1cc(C(=O)N(C)C)c[n+](Cc2c(Cl)cccc2Cl)c1.[Br-]. The van der Waals surface area contributed by atoms with Crippen LogP contribution >= 0.6 is 23.2 Å². The monoisotopic (exact) mass is 459 g/mol. The highest BCUT2D eigenvalue weighted by Crippen LogP contribution is 2.24. The van der Waals surface area contributed by atoms with Gasteiger partial charge in [-0.25, -0.2) is 0 Å². The molecule has 1 heterocycles. The number of hydrogen-bond acceptors (Lipinski definition) is 2. The predicted molar refractivity (Wildman–Crippen MR) is 98.2 cm³/mol. The Bertz CT molecular complexity index is 768. The second-order valence-corrected chi connectivity index (χ2v) is 6.90. The molecule has 0 N–H and O–H groups in total. The van der Waals surface area contributed by atoms with E-state index >= 15 is 0 Å². The summed E-state index contributed by atoms with van der Waals surface area (Å²) >= 11 is 12.5. The number of aromatic nitrogens is 1. The van der Waals surface area contributed by atoms with Gasteiger partial charge in [-0.15, -0.1) is 0 Å². The molecule has 0 aliphatic rings. The summed E-state index contributed by atoms with van der Waals surface area (Å²) in [5, 5.41) is 1.06. The van der Waals surface area contributed by atoms with Gasteiger partial charge in [-0.1, -0.05) is 29.3 Å². The van der Waals surface area contributed by atoms with Crippen molar-refractivity contribution in [1.82, 2.24) is 9.80 Å². The third kappa shape index (κ3) is 5.19. The van der Waals surface area contributed by atoms with E-state index in [1.54, 1.807) is 69.4 Å². The predicted octanol–water partition coefficient (Wildman–Crippen LogP) is -0.263. The zero-order valence-electron chi connectivity index (χ0n) is 15.0. The summed E-state index contributed by atoms with van der Waals surface area (Å²) in [6, 6.07) is 6.87. The van der Waals surface area contributed by atoms with Crippen LogP contribution in [0.15, 0.2) is 36.7 Å². The summed E-state index contributed by atoms with van der Waals surface area (Å²) in [4.78, 5) is 27.7. The van der Waals surface area contributed by atoms with E-state index in [1.165, 1.54) is 9.80 Å². The second kappa shape index (κ2) is 9.35. The number of pyridine rings is 1. The van der Waals surface area contributed by atoms with E-state index in [0.29, 0.717) is 27.7 Å². The van der Waals surface area contributed by atoms with Crippen LogP contribution in [0.2, 0.25) is 10.0 Å². The highest BCUT2D eigenvalue weighted by molar-refractivity contribution is 6.35. The number of hydrogen-bond donors (Lipinski definition) is 0. The maximum atomic E-state index is 12.4. The lowest BCUT2D eigenvalue weighted by Crippen LogP contribution is -3.00. The molecular formula is C18H20BrCl2N3O2. The van der Waals surface area contributed by atoms with E-state index in [9.17, 15) is 9.59 Å². The van der Waals surface area contributed by atoms with Crippen LogP contribution in [0, 0.1) is 0 Å². The van der Waals surface area contributed by atoms with Crippen LogP contribution in [-0.2, 0) is 6.54 Å². The van der Waals surface area contributed by atoms with Gasteiger partial charge in [0.1, 0.15) is 11.1 Å². The van der Waals surface area contributed by atoms with Crippen LogP contribution in [0.25, 0.3) is 0 Å². The molecule has 0 bridgehead atoms. The zero-order chi connectivity index (χ0) is 18.7. The molecule has 1 aromatic heterocycles. The standard InChI is InChI=1S/C18H20Cl2N3O2.BrH/c1-21(2)17(24)12-8-13(18(25)22(3)4)10-23(9-12)11-14-15(19)6-5-7-16(14)20;/h5-10H,11H2,1-4H3;1H/q+1;/p-1. The molecule has 8 heteroatoms. The summed E-state index contributed by atoms with van der Waals surface area (Å²) in [6.45, 7) is 0.348. The first-order valence-corrected chi connectivity index (χ1v) is 8.36. The van der Waals surface area contributed by atoms with Gasteiger partial charge in [0.25, 0.3) is 11.8 Å². The minimum absolute atomic E-state index is 0. The molecule has 5 nitrogen and oxygen atoms in total. The Morgan fingerprint density at radius 3 is 1.73 bits per heavy atom. The fourth-order valence-electron chi connectivity index (χ4n) is 2.34. The molecule has 0 spiro atoms. The van der Waals surface area contributed by atoms with Gasteiger partial charge in [-0.05, 0) is 18.2 Å². The number of carbonyl (C=O) groups is 2. The Labute approximate surface area is 173 Å². The maximum absolute atomic E-state index is 12.4. The second-order valence-electron chi connectivity index (χ2n) is 6.08. The van der Waals surface area contributed by atoms with Gasteiger partial charge in [-0.3, -0.25) is 9.59 Å². The van der Waals surface area contributed by atoms with Gasteiger partial charge in [0.2, 0.25) is 0 Å².